The largest absolute Gasteiger partial charge is 0.375 e. The van der Waals surface area contributed by atoms with Crippen LogP contribution in [0.5, 0.6) is 0 Å². The van der Waals surface area contributed by atoms with E-state index in [1.165, 1.54) is 0 Å². The molecule has 0 saturated carbocycles. The molecule has 0 spiro atoms. The van der Waals surface area contributed by atoms with Gasteiger partial charge in [0.05, 0.1) is 32.0 Å². The molecule has 4 heteroatoms. The van der Waals surface area contributed by atoms with Crippen molar-refractivity contribution in [3.8, 4) is 0 Å². The molecule has 3 aromatic rings. The van der Waals surface area contributed by atoms with Gasteiger partial charge in [-0.05, 0) is 23.1 Å². The van der Waals surface area contributed by atoms with Crippen LogP contribution in [0.3, 0.4) is 0 Å². The third-order valence-corrected chi connectivity index (χ3v) is 5.70. The van der Waals surface area contributed by atoms with Crippen LogP contribution in [-0.4, -0.2) is 29.6 Å². The maximum Gasteiger partial charge on any atom is 0.223 e. The predicted molar refractivity (Wildman–Crippen MR) is 121 cm³/mol. The molecule has 1 heterocycles. The van der Waals surface area contributed by atoms with Gasteiger partial charge in [-0.3, -0.25) is 4.79 Å². The number of piperidine rings is 1. The van der Waals surface area contributed by atoms with Crippen molar-refractivity contribution in [2.45, 2.75) is 44.7 Å². The minimum Gasteiger partial charge on any atom is -0.375 e. The van der Waals surface area contributed by atoms with E-state index in [2.05, 4.69) is 36.4 Å². The third-order valence-electron chi connectivity index (χ3n) is 5.70. The second-order valence-corrected chi connectivity index (χ2v) is 7.95. The molecule has 1 unspecified atom stereocenters. The average Bonchev–Trinajstić information content (AvgIpc) is 2.82. The SMILES string of the molecule is O=C1CC[C@H](OCc2ccccc2)C(COCc2ccccc2)N1Cc1ccccc1. The molecule has 0 bridgehead atoms. The van der Waals surface area contributed by atoms with Crippen LogP contribution in [0.4, 0.5) is 0 Å². The van der Waals surface area contributed by atoms with E-state index in [0.717, 1.165) is 23.1 Å². The number of rotatable bonds is 9. The number of hydrogen-bond donors (Lipinski definition) is 0. The Labute approximate surface area is 184 Å². The van der Waals surface area contributed by atoms with Gasteiger partial charge >= 0.3 is 0 Å². The highest BCUT2D eigenvalue weighted by atomic mass is 16.5. The first-order chi connectivity index (χ1) is 15.3. The summed E-state index contributed by atoms with van der Waals surface area (Å²) in [4.78, 5) is 14.8. The average molecular weight is 416 g/mol. The Hall–Kier alpha value is -2.95. The molecule has 2 atom stereocenters. The summed E-state index contributed by atoms with van der Waals surface area (Å²) < 4.78 is 12.4. The summed E-state index contributed by atoms with van der Waals surface area (Å²) in [6.45, 7) is 2.08. The molecule has 4 rings (SSSR count). The molecule has 31 heavy (non-hydrogen) atoms. The van der Waals surface area contributed by atoms with E-state index in [0.29, 0.717) is 32.8 Å². The summed E-state index contributed by atoms with van der Waals surface area (Å²) in [5, 5.41) is 0. The molecule has 4 nitrogen and oxygen atoms in total. The molecule has 1 aliphatic heterocycles. The van der Waals surface area contributed by atoms with Crippen LogP contribution >= 0.6 is 0 Å². The second kappa shape index (κ2) is 10.9. The van der Waals surface area contributed by atoms with Crippen molar-refractivity contribution in [1.82, 2.24) is 4.90 Å². The molecule has 1 saturated heterocycles. The van der Waals surface area contributed by atoms with Crippen molar-refractivity contribution in [2.24, 2.45) is 0 Å². The monoisotopic (exact) mass is 415 g/mol. The highest BCUT2D eigenvalue weighted by Gasteiger charge is 2.36. The lowest BCUT2D eigenvalue weighted by Gasteiger charge is -2.41. The Morgan fingerprint density at radius 3 is 1.90 bits per heavy atom. The molecule has 1 amide bonds. The number of carbonyl (C=O) groups excluding carboxylic acids is 1. The Morgan fingerprint density at radius 2 is 1.29 bits per heavy atom. The van der Waals surface area contributed by atoms with Crippen molar-refractivity contribution < 1.29 is 14.3 Å². The quantitative estimate of drug-likeness (QED) is 0.495. The number of benzene rings is 3. The zero-order chi connectivity index (χ0) is 21.3. The van der Waals surface area contributed by atoms with Crippen LogP contribution in [0.15, 0.2) is 91.0 Å². The minimum absolute atomic E-state index is 0.0580. The summed E-state index contributed by atoms with van der Waals surface area (Å²) in [6.07, 6.45) is 1.16. The topological polar surface area (TPSA) is 38.8 Å². The lowest BCUT2D eigenvalue weighted by Crippen LogP contribution is -2.53. The van der Waals surface area contributed by atoms with E-state index in [1.807, 2.05) is 59.5 Å². The fourth-order valence-electron chi connectivity index (χ4n) is 4.01. The fraction of sp³-hybridized carbons (Fsp3) is 0.296. The molecule has 0 N–H and O–H groups in total. The van der Waals surface area contributed by atoms with Gasteiger partial charge in [0, 0.05) is 13.0 Å². The predicted octanol–water partition coefficient (Wildman–Crippen LogP) is 4.98. The number of carbonyl (C=O) groups is 1. The van der Waals surface area contributed by atoms with E-state index in [4.69, 9.17) is 9.47 Å². The van der Waals surface area contributed by atoms with Crippen LogP contribution in [0.25, 0.3) is 0 Å². The summed E-state index contributed by atoms with van der Waals surface area (Å²) in [5.74, 6) is 0.164. The van der Waals surface area contributed by atoms with Crippen LogP contribution in [-0.2, 0) is 34.0 Å². The molecular formula is C27H29NO3. The Balaban J connectivity index is 1.46. The van der Waals surface area contributed by atoms with Crippen LogP contribution in [0.2, 0.25) is 0 Å². The highest BCUT2D eigenvalue weighted by molar-refractivity contribution is 5.77. The lowest BCUT2D eigenvalue weighted by atomic mass is 9.97. The van der Waals surface area contributed by atoms with Crippen LogP contribution in [0.1, 0.15) is 29.5 Å². The smallest absolute Gasteiger partial charge is 0.223 e. The van der Waals surface area contributed by atoms with Gasteiger partial charge in [0.15, 0.2) is 0 Å². The molecule has 1 aliphatic rings. The molecule has 160 valence electrons. The minimum atomic E-state index is -0.117. The van der Waals surface area contributed by atoms with Crippen molar-refractivity contribution in [1.29, 1.82) is 0 Å². The molecule has 0 aromatic heterocycles. The molecule has 0 radical (unpaired) electrons. The third kappa shape index (κ3) is 6.03. The summed E-state index contributed by atoms with van der Waals surface area (Å²) >= 11 is 0. The summed E-state index contributed by atoms with van der Waals surface area (Å²) in [6, 6.07) is 30.3. The fourth-order valence-corrected chi connectivity index (χ4v) is 4.01. The summed E-state index contributed by atoms with van der Waals surface area (Å²) in [7, 11) is 0. The van der Waals surface area contributed by atoms with E-state index in [1.54, 1.807) is 0 Å². The van der Waals surface area contributed by atoms with E-state index >= 15 is 0 Å². The van der Waals surface area contributed by atoms with Crippen molar-refractivity contribution >= 4 is 5.91 Å². The normalized spacial score (nSPS) is 18.8. The standard InChI is InChI=1S/C27H29NO3/c29-27-17-16-26(31-20-24-14-8-3-9-15-24)25(21-30-19-23-12-6-2-7-13-23)28(27)18-22-10-4-1-5-11-22/h1-15,25-26H,16-21H2/t25?,26-/m0/s1. The van der Waals surface area contributed by atoms with Crippen molar-refractivity contribution in [3.63, 3.8) is 0 Å². The number of amides is 1. The van der Waals surface area contributed by atoms with Gasteiger partial charge in [-0.15, -0.1) is 0 Å². The Kier molecular flexibility index (Phi) is 7.48. The molecule has 0 aliphatic carbocycles. The maximum absolute atomic E-state index is 12.9. The van der Waals surface area contributed by atoms with Crippen molar-refractivity contribution in [2.75, 3.05) is 6.61 Å². The maximum atomic E-state index is 12.9. The van der Waals surface area contributed by atoms with Gasteiger partial charge in [-0.25, -0.2) is 0 Å². The Bertz CT molecular complexity index is 930. The van der Waals surface area contributed by atoms with Crippen LogP contribution in [0, 0.1) is 0 Å². The molecule has 3 aromatic carbocycles. The van der Waals surface area contributed by atoms with Gasteiger partial charge in [-0.2, -0.15) is 0 Å². The van der Waals surface area contributed by atoms with Crippen LogP contribution < -0.4 is 0 Å². The number of nitrogens with zero attached hydrogens (tertiary/aromatic N) is 1. The number of likely N-dealkylation sites (tertiary alicyclic amines) is 1. The van der Waals surface area contributed by atoms with Gasteiger partial charge in [-0.1, -0.05) is 91.0 Å². The first-order valence-corrected chi connectivity index (χ1v) is 10.9. The summed E-state index contributed by atoms with van der Waals surface area (Å²) in [5.41, 5.74) is 3.38. The van der Waals surface area contributed by atoms with Gasteiger partial charge in [0.1, 0.15) is 0 Å². The zero-order valence-corrected chi connectivity index (χ0v) is 17.7. The number of ether oxygens (including phenoxy) is 2. The van der Waals surface area contributed by atoms with Gasteiger partial charge < -0.3 is 14.4 Å². The van der Waals surface area contributed by atoms with Crippen molar-refractivity contribution in [3.05, 3.63) is 108 Å². The lowest BCUT2D eigenvalue weighted by molar-refractivity contribution is -0.151. The zero-order valence-electron chi connectivity index (χ0n) is 17.7. The Morgan fingerprint density at radius 1 is 0.742 bits per heavy atom. The van der Waals surface area contributed by atoms with Gasteiger partial charge in [0.25, 0.3) is 0 Å². The van der Waals surface area contributed by atoms with E-state index < -0.39 is 0 Å². The molecular weight excluding hydrogens is 386 g/mol. The first-order valence-electron chi connectivity index (χ1n) is 10.9. The highest BCUT2D eigenvalue weighted by Crippen LogP contribution is 2.25. The van der Waals surface area contributed by atoms with E-state index in [-0.39, 0.29) is 18.1 Å². The number of hydrogen-bond acceptors (Lipinski definition) is 3. The first kappa shape index (κ1) is 21.3. The van der Waals surface area contributed by atoms with E-state index in [9.17, 15) is 4.79 Å². The molecule has 1 fully saturated rings. The second-order valence-electron chi connectivity index (χ2n) is 7.95. The van der Waals surface area contributed by atoms with Gasteiger partial charge in [0.2, 0.25) is 5.91 Å².